The minimum atomic E-state index is -3.41. The van der Waals surface area contributed by atoms with Crippen LogP contribution in [0, 0.1) is 5.41 Å². The van der Waals surface area contributed by atoms with Crippen LogP contribution in [0.2, 0.25) is 0 Å². The first-order valence-electron chi connectivity index (χ1n) is 3.29. The second-order valence-corrected chi connectivity index (χ2v) is 5.12. The SMILES string of the molecule is C=COS(=O)(=O)CC(C)(C)C. The molecule has 0 aromatic heterocycles. The molecule has 0 aromatic rings. The van der Waals surface area contributed by atoms with Crippen LogP contribution in [0.15, 0.2) is 12.8 Å². The van der Waals surface area contributed by atoms with E-state index in [1.165, 1.54) is 0 Å². The van der Waals surface area contributed by atoms with E-state index in [1.54, 1.807) is 0 Å². The Morgan fingerprint density at radius 1 is 1.45 bits per heavy atom. The van der Waals surface area contributed by atoms with Gasteiger partial charge in [0.25, 0.3) is 0 Å². The van der Waals surface area contributed by atoms with Crippen molar-refractivity contribution in [3.63, 3.8) is 0 Å². The molecule has 0 amide bonds. The van der Waals surface area contributed by atoms with Crippen LogP contribution in [-0.4, -0.2) is 14.2 Å². The monoisotopic (exact) mass is 178 g/mol. The summed E-state index contributed by atoms with van der Waals surface area (Å²) in [7, 11) is -3.41. The summed E-state index contributed by atoms with van der Waals surface area (Å²) in [5.41, 5.74) is -0.276. The van der Waals surface area contributed by atoms with Gasteiger partial charge in [-0.25, -0.2) is 0 Å². The zero-order valence-electron chi connectivity index (χ0n) is 7.12. The van der Waals surface area contributed by atoms with Crippen LogP contribution in [0.4, 0.5) is 0 Å². The van der Waals surface area contributed by atoms with Crippen molar-refractivity contribution in [3.05, 3.63) is 12.8 Å². The second-order valence-electron chi connectivity index (χ2n) is 3.53. The van der Waals surface area contributed by atoms with Gasteiger partial charge in [0.15, 0.2) is 0 Å². The highest BCUT2D eigenvalue weighted by Gasteiger charge is 2.21. The summed E-state index contributed by atoms with van der Waals surface area (Å²) < 4.78 is 26.2. The lowest BCUT2D eigenvalue weighted by Gasteiger charge is -2.16. The fourth-order valence-electron chi connectivity index (χ4n) is 0.668. The zero-order chi connectivity index (χ0) is 9.12. The Kier molecular flexibility index (Phi) is 3.11. The normalized spacial score (nSPS) is 12.6. The molecule has 66 valence electrons. The molecule has 0 saturated carbocycles. The molecule has 4 heteroatoms. The maximum Gasteiger partial charge on any atom is 0.309 e. The van der Waals surface area contributed by atoms with Crippen LogP contribution in [0.25, 0.3) is 0 Å². The van der Waals surface area contributed by atoms with Gasteiger partial charge in [-0.2, -0.15) is 8.42 Å². The largest absolute Gasteiger partial charge is 0.391 e. The van der Waals surface area contributed by atoms with Crippen LogP contribution >= 0.6 is 0 Å². The van der Waals surface area contributed by atoms with E-state index < -0.39 is 10.1 Å². The van der Waals surface area contributed by atoms with Gasteiger partial charge < -0.3 is 4.18 Å². The molecular weight excluding hydrogens is 164 g/mol. The van der Waals surface area contributed by atoms with Crippen LogP contribution < -0.4 is 0 Å². The van der Waals surface area contributed by atoms with E-state index in [-0.39, 0.29) is 11.2 Å². The van der Waals surface area contributed by atoms with Crippen LogP contribution in [0.3, 0.4) is 0 Å². The minimum absolute atomic E-state index is 0.00597. The summed E-state index contributed by atoms with van der Waals surface area (Å²) in [4.78, 5) is 0. The fourth-order valence-corrected chi connectivity index (χ4v) is 2.00. The molecule has 0 fully saturated rings. The van der Waals surface area contributed by atoms with Gasteiger partial charge in [-0.15, -0.1) is 0 Å². The molecule has 11 heavy (non-hydrogen) atoms. The third-order valence-corrected chi connectivity index (χ3v) is 2.47. The van der Waals surface area contributed by atoms with Gasteiger partial charge in [0.05, 0.1) is 12.0 Å². The summed E-state index contributed by atoms with van der Waals surface area (Å²) in [6.07, 6.45) is 0.932. The molecule has 0 spiro atoms. The molecule has 0 radical (unpaired) electrons. The molecule has 0 aliphatic carbocycles. The maximum atomic E-state index is 11.0. The average Bonchev–Trinajstić information content (AvgIpc) is 1.55. The highest BCUT2D eigenvalue weighted by atomic mass is 32.2. The Bertz CT molecular complexity index is 221. The van der Waals surface area contributed by atoms with Crippen LogP contribution in [-0.2, 0) is 14.3 Å². The highest BCUT2D eigenvalue weighted by molar-refractivity contribution is 7.86. The first kappa shape index (κ1) is 10.5. The molecule has 0 aromatic carbocycles. The number of hydrogen-bond acceptors (Lipinski definition) is 3. The van der Waals surface area contributed by atoms with E-state index in [1.807, 2.05) is 20.8 Å². The Hall–Kier alpha value is -0.510. The number of hydrogen-bond donors (Lipinski definition) is 0. The van der Waals surface area contributed by atoms with Gasteiger partial charge >= 0.3 is 10.1 Å². The average molecular weight is 178 g/mol. The van der Waals surface area contributed by atoms with E-state index >= 15 is 0 Å². The summed E-state index contributed by atoms with van der Waals surface area (Å²) in [5, 5.41) is 0. The first-order chi connectivity index (χ1) is 4.77. The summed E-state index contributed by atoms with van der Waals surface area (Å²) in [5.74, 6) is 0.00597. The van der Waals surface area contributed by atoms with Gasteiger partial charge in [-0.05, 0) is 5.41 Å². The maximum absolute atomic E-state index is 11.0. The molecule has 0 atom stereocenters. The smallest absolute Gasteiger partial charge is 0.309 e. The van der Waals surface area contributed by atoms with Crippen molar-refractivity contribution in [2.45, 2.75) is 20.8 Å². The minimum Gasteiger partial charge on any atom is -0.391 e. The van der Waals surface area contributed by atoms with Crippen LogP contribution in [0.1, 0.15) is 20.8 Å². The van der Waals surface area contributed by atoms with Crippen molar-refractivity contribution < 1.29 is 12.6 Å². The molecule has 0 saturated heterocycles. The number of rotatable bonds is 3. The van der Waals surface area contributed by atoms with Crippen molar-refractivity contribution in [1.29, 1.82) is 0 Å². The third kappa shape index (κ3) is 5.91. The van der Waals surface area contributed by atoms with E-state index in [0.717, 1.165) is 6.26 Å². The molecule has 0 bridgehead atoms. The summed E-state index contributed by atoms with van der Waals surface area (Å²) in [6, 6.07) is 0. The van der Waals surface area contributed by atoms with Crippen molar-refractivity contribution in [2.75, 3.05) is 5.75 Å². The predicted octanol–water partition coefficient (Wildman–Crippen LogP) is 1.52. The van der Waals surface area contributed by atoms with E-state index in [0.29, 0.717) is 0 Å². The predicted molar refractivity (Wildman–Crippen MR) is 44.5 cm³/mol. The van der Waals surface area contributed by atoms with Crippen molar-refractivity contribution >= 4 is 10.1 Å². The third-order valence-electron chi connectivity index (χ3n) is 0.824. The van der Waals surface area contributed by atoms with Gasteiger partial charge in [-0.1, -0.05) is 27.4 Å². The Labute approximate surface area is 68.2 Å². The van der Waals surface area contributed by atoms with Gasteiger partial charge in [-0.3, -0.25) is 0 Å². The topological polar surface area (TPSA) is 43.4 Å². The van der Waals surface area contributed by atoms with Gasteiger partial charge in [0, 0.05) is 0 Å². The quantitative estimate of drug-likeness (QED) is 0.486. The molecule has 0 aliphatic rings. The fraction of sp³-hybridized carbons (Fsp3) is 0.714. The highest BCUT2D eigenvalue weighted by Crippen LogP contribution is 2.16. The van der Waals surface area contributed by atoms with Crippen molar-refractivity contribution in [2.24, 2.45) is 5.41 Å². The lowest BCUT2D eigenvalue weighted by molar-refractivity contribution is 0.403. The Morgan fingerprint density at radius 2 is 1.91 bits per heavy atom. The van der Waals surface area contributed by atoms with Crippen LogP contribution in [0.5, 0.6) is 0 Å². The second kappa shape index (κ2) is 3.26. The van der Waals surface area contributed by atoms with Gasteiger partial charge in [0.2, 0.25) is 0 Å². The van der Waals surface area contributed by atoms with Gasteiger partial charge in [0.1, 0.15) is 0 Å². The molecular formula is C7H14O3S. The molecule has 0 aliphatic heterocycles. The van der Waals surface area contributed by atoms with E-state index in [9.17, 15) is 8.42 Å². The van der Waals surface area contributed by atoms with E-state index in [4.69, 9.17) is 0 Å². The molecule has 3 nitrogen and oxygen atoms in total. The molecule has 0 rings (SSSR count). The Morgan fingerprint density at radius 3 is 2.18 bits per heavy atom. The van der Waals surface area contributed by atoms with Crippen molar-refractivity contribution in [1.82, 2.24) is 0 Å². The van der Waals surface area contributed by atoms with E-state index in [2.05, 4.69) is 10.8 Å². The standard InChI is InChI=1S/C7H14O3S/c1-5-10-11(8,9)6-7(2,3)4/h5H,1,6H2,2-4H3. The lowest BCUT2D eigenvalue weighted by atomic mass is 10.0. The molecule has 0 unspecified atom stereocenters. The lowest BCUT2D eigenvalue weighted by Crippen LogP contribution is -2.21. The molecule has 0 N–H and O–H groups in total. The summed E-state index contributed by atoms with van der Waals surface area (Å²) in [6.45, 7) is 8.67. The first-order valence-corrected chi connectivity index (χ1v) is 4.86. The molecule has 0 heterocycles. The Balaban J connectivity index is 4.26. The zero-order valence-corrected chi connectivity index (χ0v) is 7.94. The summed E-state index contributed by atoms with van der Waals surface area (Å²) >= 11 is 0. The van der Waals surface area contributed by atoms with Crippen molar-refractivity contribution in [3.8, 4) is 0 Å².